The molecule has 0 atom stereocenters. The fourth-order valence-corrected chi connectivity index (χ4v) is 4.12. The van der Waals surface area contributed by atoms with Crippen LogP contribution >= 0.6 is 0 Å². The zero-order valence-electron chi connectivity index (χ0n) is 17.1. The molecule has 4 aromatic rings. The van der Waals surface area contributed by atoms with Gasteiger partial charge in [0.2, 0.25) is 12.4 Å². The molecular weight excluding hydrogens is 365 g/mol. The smallest absolute Gasteiger partial charge is 0.242 e. The van der Waals surface area contributed by atoms with Crippen LogP contribution in [0.3, 0.4) is 0 Å². The van der Waals surface area contributed by atoms with Gasteiger partial charge in [-0.25, -0.2) is 0 Å². The SMILES string of the molecule is CC/C(=C(/B(c1ccccc1)c1ccccc1)c1ccccc1)c1cccc[n+]1[O-]. The maximum atomic E-state index is 12.7. The van der Waals surface area contributed by atoms with Gasteiger partial charge in [-0.3, -0.25) is 0 Å². The molecule has 0 saturated carbocycles. The van der Waals surface area contributed by atoms with Crippen LogP contribution < -0.4 is 15.7 Å². The molecule has 0 bridgehead atoms. The Balaban J connectivity index is 2.07. The van der Waals surface area contributed by atoms with Crippen molar-refractivity contribution in [2.75, 3.05) is 0 Å². The molecule has 0 saturated heterocycles. The minimum atomic E-state index is 0.0185. The van der Waals surface area contributed by atoms with Crippen molar-refractivity contribution in [1.82, 2.24) is 0 Å². The number of hydrogen-bond donors (Lipinski definition) is 0. The van der Waals surface area contributed by atoms with Crippen LogP contribution in [0.15, 0.2) is 115 Å². The van der Waals surface area contributed by atoms with E-state index in [1.807, 2.05) is 30.3 Å². The molecule has 146 valence electrons. The van der Waals surface area contributed by atoms with E-state index in [9.17, 15) is 5.21 Å². The third-order valence-electron chi connectivity index (χ3n) is 5.45. The summed E-state index contributed by atoms with van der Waals surface area (Å²) in [4.78, 5) is 0. The van der Waals surface area contributed by atoms with E-state index in [0.29, 0.717) is 5.69 Å². The first-order valence-electron chi connectivity index (χ1n) is 10.4. The molecule has 0 aliphatic heterocycles. The molecule has 1 heterocycles. The predicted molar refractivity (Wildman–Crippen MR) is 127 cm³/mol. The van der Waals surface area contributed by atoms with Crippen LogP contribution in [-0.2, 0) is 0 Å². The minimum absolute atomic E-state index is 0.0185. The first-order chi connectivity index (χ1) is 14.8. The van der Waals surface area contributed by atoms with Crippen molar-refractivity contribution in [3.8, 4) is 0 Å². The van der Waals surface area contributed by atoms with Crippen LogP contribution in [-0.4, -0.2) is 6.71 Å². The maximum absolute atomic E-state index is 12.7. The Morgan fingerprint density at radius 3 is 1.70 bits per heavy atom. The average molecular weight is 389 g/mol. The van der Waals surface area contributed by atoms with Gasteiger partial charge in [0.1, 0.15) is 0 Å². The van der Waals surface area contributed by atoms with Gasteiger partial charge in [-0.15, -0.1) is 0 Å². The van der Waals surface area contributed by atoms with Crippen molar-refractivity contribution in [2.24, 2.45) is 0 Å². The molecule has 4 rings (SSSR count). The van der Waals surface area contributed by atoms with Gasteiger partial charge in [0, 0.05) is 17.7 Å². The number of allylic oxidation sites excluding steroid dienone is 1. The number of benzene rings is 3. The van der Waals surface area contributed by atoms with E-state index in [4.69, 9.17) is 0 Å². The van der Waals surface area contributed by atoms with Crippen LogP contribution in [0.2, 0.25) is 0 Å². The van der Waals surface area contributed by atoms with Crippen molar-refractivity contribution in [3.63, 3.8) is 0 Å². The van der Waals surface area contributed by atoms with Crippen molar-refractivity contribution in [3.05, 3.63) is 132 Å². The van der Waals surface area contributed by atoms with Gasteiger partial charge in [0.05, 0.1) is 0 Å². The zero-order chi connectivity index (χ0) is 20.8. The van der Waals surface area contributed by atoms with Crippen molar-refractivity contribution in [2.45, 2.75) is 13.3 Å². The number of aromatic nitrogens is 1. The second kappa shape index (κ2) is 9.28. The summed E-state index contributed by atoms with van der Waals surface area (Å²) in [6, 6.07) is 37.1. The molecule has 0 radical (unpaired) electrons. The first kappa shape index (κ1) is 19.7. The van der Waals surface area contributed by atoms with E-state index in [0.717, 1.165) is 22.3 Å². The van der Waals surface area contributed by atoms with E-state index in [-0.39, 0.29) is 6.71 Å². The lowest BCUT2D eigenvalue weighted by atomic mass is 9.34. The lowest BCUT2D eigenvalue weighted by molar-refractivity contribution is -0.608. The van der Waals surface area contributed by atoms with Crippen molar-refractivity contribution >= 4 is 28.7 Å². The van der Waals surface area contributed by atoms with Gasteiger partial charge in [-0.05, 0) is 18.1 Å². The Morgan fingerprint density at radius 2 is 1.20 bits per heavy atom. The number of rotatable bonds is 6. The van der Waals surface area contributed by atoms with Gasteiger partial charge >= 0.3 is 0 Å². The molecule has 0 aliphatic carbocycles. The standard InChI is InChI=1S/C27H24BNO/c1-2-25(26-20-12-13-21-29(26)30)27(22-14-6-3-7-15-22)28(23-16-8-4-9-17-23)24-18-10-5-11-19-24/h3-21H,2H2,1H3/b27-25-. The molecule has 1 aromatic heterocycles. The summed E-state index contributed by atoms with van der Waals surface area (Å²) in [5.74, 6) is 0. The number of nitrogens with zero attached hydrogens (tertiary/aromatic N) is 1. The summed E-state index contributed by atoms with van der Waals surface area (Å²) in [6.45, 7) is 2.14. The van der Waals surface area contributed by atoms with Gasteiger partial charge in [0.15, 0.2) is 6.20 Å². The van der Waals surface area contributed by atoms with Crippen LogP contribution in [0.4, 0.5) is 0 Å². The van der Waals surface area contributed by atoms with Crippen LogP contribution in [0, 0.1) is 5.21 Å². The Hall–Kier alpha value is -3.59. The fourth-order valence-electron chi connectivity index (χ4n) is 4.12. The second-order valence-electron chi connectivity index (χ2n) is 7.28. The summed E-state index contributed by atoms with van der Waals surface area (Å²) >= 11 is 0. The number of hydrogen-bond acceptors (Lipinski definition) is 1. The lowest BCUT2D eigenvalue weighted by Gasteiger charge is -2.23. The monoisotopic (exact) mass is 389 g/mol. The number of pyridine rings is 1. The first-order valence-corrected chi connectivity index (χ1v) is 10.4. The Bertz CT molecular complexity index is 1090. The molecule has 0 amide bonds. The highest BCUT2D eigenvalue weighted by atomic mass is 16.5. The molecule has 0 unspecified atom stereocenters. The summed E-state index contributed by atoms with van der Waals surface area (Å²) < 4.78 is 0.981. The van der Waals surface area contributed by atoms with E-state index in [1.165, 1.54) is 16.4 Å². The molecule has 3 heteroatoms. The summed E-state index contributed by atoms with van der Waals surface area (Å²) in [5.41, 5.74) is 6.50. The average Bonchev–Trinajstić information content (AvgIpc) is 2.82. The molecular formula is C27H24BNO. The molecule has 0 aliphatic rings. The largest absolute Gasteiger partial charge is 0.618 e. The van der Waals surface area contributed by atoms with Crippen molar-refractivity contribution < 1.29 is 4.73 Å². The van der Waals surface area contributed by atoms with Crippen LogP contribution in [0.5, 0.6) is 0 Å². The Morgan fingerprint density at radius 1 is 0.700 bits per heavy atom. The Kier molecular flexibility index (Phi) is 6.10. The van der Waals surface area contributed by atoms with Gasteiger partial charge < -0.3 is 5.21 Å². The normalized spacial score (nSPS) is 11.6. The third kappa shape index (κ3) is 4.06. The van der Waals surface area contributed by atoms with E-state index < -0.39 is 0 Å². The highest BCUT2D eigenvalue weighted by Gasteiger charge is 2.29. The minimum Gasteiger partial charge on any atom is -0.618 e. The highest BCUT2D eigenvalue weighted by Crippen LogP contribution is 2.29. The zero-order valence-corrected chi connectivity index (χ0v) is 17.1. The third-order valence-corrected chi connectivity index (χ3v) is 5.45. The summed E-state index contributed by atoms with van der Waals surface area (Å²) in [7, 11) is 0. The highest BCUT2D eigenvalue weighted by molar-refractivity contribution is 7.00. The van der Waals surface area contributed by atoms with Gasteiger partial charge in [-0.2, -0.15) is 4.73 Å². The van der Waals surface area contributed by atoms with Gasteiger partial charge in [0.25, 0.3) is 0 Å². The lowest BCUT2D eigenvalue weighted by Crippen LogP contribution is -2.44. The maximum Gasteiger partial charge on any atom is 0.242 e. The van der Waals surface area contributed by atoms with Gasteiger partial charge in [-0.1, -0.05) is 114 Å². The fraction of sp³-hybridized carbons (Fsp3) is 0.0741. The summed E-state index contributed by atoms with van der Waals surface area (Å²) in [5, 5.41) is 12.7. The van der Waals surface area contributed by atoms with Crippen molar-refractivity contribution in [1.29, 1.82) is 0 Å². The van der Waals surface area contributed by atoms with E-state index in [1.54, 1.807) is 12.3 Å². The molecule has 0 spiro atoms. The molecule has 30 heavy (non-hydrogen) atoms. The predicted octanol–water partition coefficient (Wildman–Crippen LogP) is 4.49. The molecule has 3 aromatic carbocycles. The molecule has 0 N–H and O–H groups in total. The quantitative estimate of drug-likeness (QED) is 0.271. The van der Waals surface area contributed by atoms with E-state index >= 15 is 0 Å². The Labute approximate surface area is 178 Å². The van der Waals surface area contributed by atoms with Crippen LogP contribution in [0.25, 0.3) is 11.0 Å². The van der Waals surface area contributed by atoms with Crippen LogP contribution in [0.1, 0.15) is 24.6 Å². The summed E-state index contributed by atoms with van der Waals surface area (Å²) in [6.07, 6.45) is 2.33. The molecule has 2 nitrogen and oxygen atoms in total. The molecule has 0 fully saturated rings. The van der Waals surface area contributed by atoms with E-state index in [2.05, 4.69) is 79.7 Å². The topological polar surface area (TPSA) is 26.9 Å². The second-order valence-corrected chi connectivity index (χ2v) is 7.28.